The van der Waals surface area contributed by atoms with Crippen LogP contribution >= 0.6 is 0 Å². The Hall–Kier alpha value is -1.55. The zero-order valence-corrected chi connectivity index (χ0v) is 8.20. The quantitative estimate of drug-likeness (QED) is 0.756. The van der Waals surface area contributed by atoms with Crippen LogP contribution < -0.4 is 5.73 Å². The molecule has 3 N–H and O–H groups in total. The highest BCUT2D eigenvalue weighted by Gasteiger charge is 2.09. The summed E-state index contributed by atoms with van der Waals surface area (Å²) in [6.45, 7) is 0.650. The van der Waals surface area contributed by atoms with Gasteiger partial charge in [0.25, 0.3) is 0 Å². The van der Waals surface area contributed by atoms with Gasteiger partial charge >= 0.3 is 0 Å². The van der Waals surface area contributed by atoms with Crippen molar-refractivity contribution in [3.8, 4) is 11.3 Å². The van der Waals surface area contributed by atoms with Crippen LogP contribution in [-0.4, -0.2) is 21.1 Å². The summed E-state index contributed by atoms with van der Waals surface area (Å²) in [5.41, 5.74) is 8.90. The highest BCUT2D eigenvalue weighted by molar-refractivity contribution is 5.61. The highest BCUT2D eigenvalue weighted by atomic mass is 15.0. The average molecular weight is 190 g/mol. The van der Waals surface area contributed by atoms with E-state index in [-0.39, 0.29) is 0 Å². The van der Waals surface area contributed by atoms with Crippen molar-refractivity contribution in [2.45, 2.75) is 6.42 Å². The van der Waals surface area contributed by atoms with Gasteiger partial charge in [0, 0.05) is 37.1 Å². The summed E-state index contributed by atoms with van der Waals surface area (Å²) < 4.78 is 2.02. The molecule has 0 aliphatic heterocycles. The summed E-state index contributed by atoms with van der Waals surface area (Å²) in [5.74, 6) is 0. The number of nitrogens with zero attached hydrogens (tertiary/aromatic N) is 2. The maximum absolute atomic E-state index is 5.56. The Morgan fingerprint density at radius 3 is 3.07 bits per heavy atom. The van der Waals surface area contributed by atoms with Crippen molar-refractivity contribution in [2.75, 3.05) is 6.54 Å². The number of nitrogens with two attached hydrogens (primary N) is 1. The van der Waals surface area contributed by atoms with Gasteiger partial charge in [-0.1, -0.05) is 0 Å². The van der Waals surface area contributed by atoms with E-state index < -0.39 is 0 Å². The molecule has 74 valence electrons. The fraction of sp³-hybridized carbons (Fsp3) is 0.300. The fourth-order valence-corrected chi connectivity index (χ4v) is 1.60. The molecule has 0 fully saturated rings. The molecule has 0 spiro atoms. The zero-order valence-electron chi connectivity index (χ0n) is 8.20. The molecule has 0 aliphatic rings. The number of nitrogens with one attached hydrogen (secondary N) is 1. The Morgan fingerprint density at radius 2 is 2.43 bits per heavy atom. The van der Waals surface area contributed by atoms with Crippen molar-refractivity contribution in [1.29, 1.82) is 0 Å². The van der Waals surface area contributed by atoms with E-state index in [9.17, 15) is 0 Å². The third kappa shape index (κ3) is 1.44. The molecule has 2 rings (SSSR count). The topological polar surface area (TPSA) is 59.6 Å². The Bertz CT molecular complexity index is 400. The molecule has 0 aromatic carbocycles. The number of rotatable bonds is 3. The van der Waals surface area contributed by atoms with Crippen LogP contribution in [0, 0.1) is 0 Å². The van der Waals surface area contributed by atoms with E-state index in [4.69, 9.17) is 5.73 Å². The van der Waals surface area contributed by atoms with Crippen LogP contribution in [0.1, 0.15) is 5.69 Å². The minimum absolute atomic E-state index is 0.650. The third-order valence-electron chi connectivity index (χ3n) is 2.31. The molecule has 0 aliphatic carbocycles. The van der Waals surface area contributed by atoms with E-state index in [0.717, 1.165) is 17.7 Å². The Morgan fingerprint density at radius 1 is 1.57 bits per heavy atom. The van der Waals surface area contributed by atoms with E-state index in [0.29, 0.717) is 6.54 Å². The lowest BCUT2D eigenvalue weighted by Gasteiger charge is -2.02. The second kappa shape index (κ2) is 3.67. The van der Waals surface area contributed by atoms with Crippen LogP contribution in [-0.2, 0) is 13.5 Å². The second-order valence-corrected chi connectivity index (χ2v) is 3.29. The fourth-order valence-electron chi connectivity index (χ4n) is 1.60. The van der Waals surface area contributed by atoms with Gasteiger partial charge in [-0.05, 0) is 12.6 Å². The zero-order chi connectivity index (χ0) is 9.97. The number of aromatic amines is 1. The van der Waals surface area contributed by atoms with Crippen molar-refractivity contribution < 1.29 is 0 Å². The van der Waals surface area contributed by atoms with Crippen molar-refractivity contribution >= 4 is 0 Å². The molecule has 0 saturated heterocycles. The first-order valence-electron chi connectivity index (χ1n) is 4.66. The number of hydrogen-bond acceptors (Lipinski definition) is 2. The van der Waals surface area contributed by atoms with E-state index in [1.807, 2.05) is 36.4 Å². The number of hydrogen-bond donors (Lipinski definition) is 2. The predicted octanol–water partition coefficient (Wildman–Crippen LogP) is 0.916. The van der Waals surface area contributed by atoms with Crippen LogP contribution in [0.25, 0.3) is 11.3 Å². The molecular weight excluding hydrogens is 176 g/mol. The van der Waals surface area contributed by atoms with Gasteiger partial charge in [0.15, 0.2) is 0 Å². The summed E-state index contributed by atoms with van der Waals surface area (Å²) in [6.07, 6.45) is 6.53. The van der Waals surface area contributed by atoms with Gasteiger partial charge < -0.3 is 15.3 Å². The normalized spacial score (nSPS) is 10.7. The lowest BCUT2D eigenvalue weighted by atomic mass is 10.1. The molecule has 2 aromatic heterocycles. The first-order valence-corrected chi connectivity index (χ1v) is 4.66. The summed E-state index contributed by atoms with van der Waals surface area (Å²) in [6, 6.07) is 2.02. The lowest BCUT2D eigenvalue weighted by molar-refractivity contribution is 0.805. The molecule has 0 atom stereocenters. The van der Waals surface area contributed by atoms with Crippen molar-refractivity contribution in [1.82, 2.24) is 14.5 Å². The standard InChI is InChI=1S/C10H14N4/c1-14-7-13-10(9(14)2-4-11)8-3-5-12-6-8/h3,5-7,12H,2,4,11H2,1H3. The molecule has 2 aromatic rings. The summed E-state index contributed by atoms with van der Waals surface area (Å²) in [7, 11) is 1.99. The Balaban J connectivity index is 2.43. The van der Waals surface area contributed by atoms with Gasteiger partial charge in [0.05, 0.1) is 12.0 Å². The third-order valence-corrected chi connectivity index (χ3v) is 2.31. The predicted molar refractivity (Wildman–Crippen MR) is 55.8 cm³/mol. The number of imidazole rings is 1. The molecule has 0 saturated carbocycles. The average Bonchev–Trinajstić information content (AvgIpc) is 2.77. The van der Waals surface area contributed by atoms with Crippen LogP contribution in [0.3, 0.4) is 0 Å². The van der Waals surface area contributed by atoms with E-state index >= 15 is 0 Å². The highest BCUT2D eigenvalue weighted by Crippen LogP contribution is 2.20. The molecule has 0 radical (unpaired) electrons. The van der Waals surface area contributed by atoms with E-state index in [2.05, 4.69) is 9.97 Å². The van der Waals surface area contributed by atoms with Crippen LogP contribution in [0.15, 0.2) is 24.8 Å². The largest absolute Gasteiger partial charge is 0.367 e. The van der Waals surface area contributed by atoms with Crippen molar-refractivity contribution in [3.05, 3.63) is 30.5 Å². The molecular formula is C10H14N4. The second-order valence-electron chi connectivity index (χ2n) is 3.29. The minimum atomic E-state index is 0.650. The molecule has 0 amide bonds. The first kappa shape index (κ1) is 9.02. The van der Waals surface area contributed by atoms with Gasteiger partial charge in [-0.15, -0.1) is 0 Å². The van der Waals surface area contributed by atoms with Crippen LogP contribution in [0.5, 0.6) is 0 Å². The maximum Gasteiger partial charge on any atom is 0.0953 e. The monoisotopic (exact) mass is 190 g/mol. The summed E-state index contributed by atoms with van der Waals surface area (Å²) in [4.78, 5) is 7.39. The molecule has 4 heteroatoms. The number of aromatic nitrogens is 3. The summed E-state index contributed by atoms with van der Waals surface area (Å²) in [5, 5.41) is 0. The molecule has 0 bridgehead atoms. The van der Waals surface area contributed by atoms with Gasteiger partial charge in [-0.2, -0.15) is 0 Å². The Kier molecular flexibility index (Phi) is 2.37. The van der Waals surface area contributed by atoms with Gasteiger partial charge in [0.1, 0.15) is 0 Å². The van der Waals surface area contributed by atoms with Crippen LogP contribution in [0.4, 0.5) is 0 Å². The SMILES string of the molecule is Cn1cnc(-c2cc[nH]c2)c1CCN. The van der Waals surface area contributed by atoms with Gasteiger partial charge in [-0.3, -0.25) is 0 Å². The first-order chi connectivity index (χ1) is 6.83. The van der Waals surface area contributed by atoms with Gasteiger partial charge in [-0.25, -0.2) is 4.98 Å². The minimum Gasteiger partial charge on any atom is -0.367 e. The number of H-pyrrole nitrogens is 1. The van der Waals surface area contributed by atoms with E-state index in [1.165, 1.54) is 5.69 Å². The molecule has 2 heterocycles. The van der Waals surface area contributed by atoms with Crippen molar-refractivity contribution in [2.24, 2.45) is 12.8 Å². The molecule has 14 heavy (non-hydrogen) atoms. The van der Waals surface area contributed by atoms with Gasteiger partial charge in [0.2, 0.25) is 0 Å². The number of aryl methyl sites for hydroxylation is 1. The maximum atomic E-state index is 5.56. The van der Waals surface area contributed by atoms with Crippen LogP contribution in [0.2, 0.25) is 0 Å². The lowest BCUT2D eigenvalue weighted by Crippen LogP contribution is -2.07. The smallest absolute Gasteiger partial charge is 0.0953 e. The van der Waals surface area contributed by atoms with Crippen molar-refractivity contribution in [3.63, 3.8) is 0 Å². The Labute approximate surface area is 82.8 Å². The molecule has 0 unspecified atom stereocenters. The summed E-state index contributed by atoms with van der Waals surface area (Å²) >= 11 is 0. The van der Waals surface area contributed by atoms with E-state index in [1.54, 1.807) is 0 Å². The molecule has 4 nitrogen and oxygen atoms in total.